The Morgan fingerprint density at radius 3 is 2.32 bits per heavy atom. The predicted octanol–water partition coefficient (Wildman–Crippen LogP) is 4.56. The molecule has 0 aromatic heterocycles. The zero-order valence-corrected chi connectivity index (χ0v) is 17.6. The Balaban J connectivity index is 1.66. The number of halogens is 4. The van der Waals surface area contributed by atoms with E-state index in [0.717, 1.165) is 11.1 Å². The summed E-state index contributed by atoms with van der Waals surface area (Å²) < 4.78 is 38.1. The second kappa shape index (κ2) is 9.73. The maximum atomic E-state index is 12.7. The lowest BCUT2D eigenvalue weighted by atomic mass is 9.68. The molecule has 8 heteroatoms. The second-order valence-corrected chi connectivity index (χ2v) is 8.41. The lowest BCUT2D eigenvalue weighted by Crippen LogP contribution is -2.49. The van der Waals surface area contributed by atoms with Gasteiger partial charge in [-0.15, -0.1) is 0 Å². The van der Waals surface area contributed by atoms with Crippen molar-refractivity contribution in [2.24, 2.45) is 0 Å². The Kier molecular flexibility index (Phi) is 7.26. The van der Waals surface area contributed by atoms with Gasteiger partial charge < -0.3 is 10.6 Å². The summed E-state index contributed by atoms with van der Waals surface area (Å²) >= 11 is 6.11. The van der Waals surface area contributed by atoms with Gasteiger partial charge in [-0.25, -0.2) is 0 Å². The molecule has 0 atom stereocenters. The zero-order valence-electron chi connectivity index (χ0n) is 16.8. The average molecular weight is 453 g/mol. The fourth-order valence-corrected chi connectivity index (χ4v) is 4.30. The topological polar surface area (TPSA) is 58.2 Å². The van der Waals surface area contributed by atoms with E-state index in [4.69, 9.17) is 11.6 Å². The van der Waals surface area contributed by atoms with Gasteiger partial charge in [-0.2, -0.15) is 13.2 Å². The highest BCUT2D eigenvalue weighted by molar-refractivity contribution is 6.30. The lowest BCUT2D eigenvalue weighted by molar-refractivity contribution is -0.173. The zero-order chi connectivity index (χ0) is 22.5. The van der Waals surface area contributed by atoms with Crippen molar-refractivity contribution in [3.8, 4) is 0 Å². The smallest absolute Gasteiger partial charge is 0.353 e. The van der Waals surface area contributed by atoms with Gasteiger partial charge in [0.15, 0.2) is 0 Å². The summed E-state index contributed by atoms with van der Waals surface area (Å²) in [6, 6.07) is 16.3. The predicted molar refractivity (Wildman–Crippen MR) is 113 cm³/mol. The number of hydrogen-bond donors (Lipinski definition) is 2. The van der Waals surface area contributed by atoms with Crippen molar-refractivity contribution in [2.75, 3.05) is 6.54 Å². The van der Waals surface area contributed by atoms with Crippen LogP contribution in [0.4, 0.5) is 13.2 Å². The third-order valence-electron chi connectivity index (χ3n) is 5.80. The Hall–Kier alpha value is -2.54. The van der Waals surface area contributed by atoms with Crippen LogP contribution in [0.15, 0.2) is 54.6 Å². The van der Waals surface area contributed by atoms with Crippen LogP contribution in [-0.4, -0.2) is 30.6 Å². The maximum absolute atomic E-state index is 12.7. The van der Waals surface area contributed by atoms with Crippen LogP contribution in [0, 0.1) is 0 Å². The number of nitrogens with one attached hydrogen (secondary N) is 2. The summed E-state index contributed by atoms with van der Waals surface area (Å²) in [5.74, 6) is -2.04. The van der Waals surface area contributed by atoms with E-state index in [1.165, 1.54) is 0 Å². The van der Waals surface area contributed by atoms with Gasteiger partial charge in [0, 0.05) is 23.0 Å². The van der Waals surface area contributed by atoms with Crippen molar-refractivity contribution in [3.63, 3.8) is 0 Å². The van der Waals surface area contributed by atoms with Crippen molar-refractivity contribution in [1.82, 2.24) is 10.6 Å². The Bertz CT molecular complexity index is 911. The number of amides is 2. The highest BCUT2D eigenvalue weighted by Gasteiger charge is 2.42. The molecular weight excluding hydrogens is 429 g/mol. The molecule has 2 amide bonds. The van der Waals surface area contributed by atoms with Crippen molar-refractivity contribution in [3.05, 3.63) is 70.7 Å². The second-order valence-electron chi connectivity index (χ2n) is 7.98. The van der Waals surface area contributed by atoms with E-state index in [2.05, 4.69) is 5.32 Å². The quantitative estimate of drug-likeness (QED) is 0.675. The van der Waals surface area contributed by atoms with Gasteiger partial charge in [0.05, 0.1) is 6.42 Å². The van der Waals surface area contributed by atoms with Crippen LogP contribution in [0.25, 0.3) is 0 Å². The molecule has 1 aliphatic rings. The van der Waals surface area contributed by atoms with E-state index in [9.17, 15) is 22.8 Å². The third-order valence-corrected chi connectivity index (χ3v) is 6.03. The van der Waals surface area contributed by atoms with Crippen molar-refractivity contribution in [2.45, 2.75) is 49.7 Å². The van der Waals surface area contributed by atoms with Crippen LogP contribution in [0.1, 0.15) is 36.8 Å². The number of benzene rings is 2. The van der Waals surface area contributed by atoms with Crippen LogP contribution in [0.2, 0.25) is 5.02 Å². The molecule has 31 heavy (non-hydrogen) atoms. The largest absolute Gasteiger partial charge is 0.471 e. The van der Waals surface area contributed by atoms with Gasteiger partial charge >= 0.3 is 12.1 Å². The maximum Gasteiger partial charge on any atom is 0.471 e. The fourth-order valence-electron chi connectivity index (χ4n) is 4.11. The molecule has 1 fully saturated rings. The van der Waals surface area contributed by atoms with E-state index in [1.807, 2.05) is 41.7 Å². The highest BCUT2D eigenvalue weighted by Crippen LogP contribution is 2.40. The van der Waals surface area contributed by atoms with Crippen molar-refractivity contribution >= 4 is 23.4 Å². The summed E-state index contributed by atoms with van der Waals surface area (Å²) in [6.45, 7) is -0.142. The number of hydrogen-bond acceptors (Lipinski definition) is 2. The Morgan fingerprint density at radius 2 is 1.71 bits per heavy atom. The van der Waals surface area contributed by atoms with E-state index in [1.54, 1.807) is 18.2 Å². The summed E-state index contributed by atoms with van der Waals surface area (Å²) in [7, 11) is 0. The summed E-state index contributed by atoms with van der Waals surface area (Å²) in [5, 5.41) is 5.55. The normalized spacial score (nSPS) is 21.4. The van der Waals surface area contributed by atoms with Crippen LogP contribution in [0.5, 0.6) is 0 Å². The number of carbonyl (C=O) groups is 2. The molecule has 2 aromatic rings. The van der Waals surface area contributed by atoms with E-state index >= 15 is 0 Å². The summed E-state index contributed by atoms with van der Waals surface area (Å²) in [4.78, 5) is 23.8. The van der Waals surface area contributed by atoms with Gasteiger partial charge in [0.1, 0.15) is 0 Å². The Labute approximate surface area is 184 Å². The van der Waals surface area contributed by atoms with E-state index in [-0.39, 0.29) is 24.9 Å². The monoisotopic (exact) mass is 452 g/mol. The van der Waals surface area contributed by atoms with Gasteiger partial charge in [0.25, 0.3) is 0 Å². The summed E-state index contributed by atoms with van der Waals surface area (Å²) in [5.41, 5.74) is 1.03. The van der Waals surface area contributed by atoms with Gasteiger partial charge in [-0.1, -0.05) is 54.1 Å². The third kappa shape index (κ3) is 6.23. The first-order chi connectivity index (χ1) is 14.7. The molecule has 4 nitrogen and oxygen atoms in total. The molecule has 1 aliphatic carbocycles. The van der Waals surface area contributed by atoms with E-state index < -0.39 is 17.5 Å². The fraction of sp³-hybridized carbons (Fsp3) is 0.391. The minimum absolute atomic E-state index is 0.0677. The summed E-state index contributed by atoms with van der Waals surface area (Å²) in [6.07, 6.45) is -2.44. The average Bonchev–Trinajstić information content (AvgIpc) is 2.73. The van der Waals surface area contributed by atoms with Gasteiger partial charge in [0.2, 0.25) is 5.91 Å². The molecule has 0 aliphatic heterocycles. The van der Waals surface area contributed by atoms with Gasteiger partial charge in [-0.3, -0.25) is 9.59 Å². The molecule has 0 heterocycles. The van der Waals surface area contributed by atoms with Gasteiger partial charge in [-0.05, 0) is 48.9 Å². The molecule has 0 unspecified atom stereocenters. The Morgan fingerprint density at radius 1 is 1.03 bits per heavy atom. The minimum Gasteiger partial charge on any atom is -0.353 e. The van der Waals surface area contributed by atoms with Crippen LogP contribution < -0.4 is 10.6 Å². The lowest BCUT2D eigenvalue weighted by Gasteiger charge is -2.41. The molecule has 0 bridgehead atoms. The first-order valence-electron chi connectivity index (χ1n) is 10.1. The molecule has 0 saturated heterocycles. The van der Waals surface area contributed by atoms with E-state index in [0.29, 0.717) is 30.7 Å². The van der Waals surface area contributed by atoms with Crippen LogP contribution in [-0.2, 0) is 21.4 Å². The molecule has 2 aromatic carbocycles. The molecule has 1 saturated carbocycles. The molecule has 2 N–H and O–H groups in total. The highest BCUT2D eigenvalue weighted by atomic mass is 35.5. The first kappa shape index (κ1) is 23.1. The van der Waals surface area contributed by atoms with Crippen molar-refractivity contribution < 1.29 is 22.8 Å². The molecule has 3 rings (SSSR count). The number of rotatable bonds is 6. The van der Waals surface area contributed by atoms with Crippen LogP contribution >= 0.6 is 11.6 Å². The van der Waals surface area contributed by atoms with Crippen molar-refractivity contribution in [1.29, 1.82) is 0 Å². The molecule has 0 radical (unpaired) electrons. The standard InChI is InChI=1S/C23H24ClF3N2O2/c24-18-8-4-7-17(14-18)22(15-28-21(31)23(25,26)27)11-9-19(10-12-22)29-20(30)13-16-5-2-1-3-6-16/h1-8,14,19H,9-13,15H2,(H,28,31)(H,29,30)/t19-,22-. The SMILES string of the molecule is O=C(Cc1ccccc1)N[C@H]1CC[C@](CNC(=O)C(F)(F)F)(c2cccc(Cl)c2)CC1. The minimum atomic E-state index is -4.93. The number of carbonyl (C=O) groups excluding carboxylic acids is 2. The number of alkyl halides is 3. The first-order valence-corrected chi connectivity index (χ1v) is 10.5. The molecule has 166 valence electrons. The van der Waals surface area contributed by atoms with Crippen LogP contribution in [0.3, 0.4) is 0 Å². The molecule has 0 spiro atoms. The molecular formula is C23H24ClF3N2O2.